The first-order valence-corrected chi connectivity index (χ1v) is 6.75. The first-order chi connectivity index (χ1) is 10.6. The maximum atomic E-state index is 12.6. The third kappa shape index (κ3) is 1.60. The number of nitrogen functional groups attached to an aromatic ring is 1. The van der Waals surface area contributed by atoms with Gasteiger partial charge < -0.3 is 15.2 Å². The molecule has 2 N–H and O–H groups in total. The van der Waals surface area contributed by atoms with E-state index in [1.54, 1.807) is 24.3 Å². The van der Waals surface area contributed by atoms with Crippen LogP contribution in [0.15, 0.2) is 30.3 Å². The van der Waals surface area contributed by atoms with Gasteiger partial charge in [0.25, 0.3) is 11.8 Å². The van der Waals surface area contributed by atoms with E-state index in [0.717, 1.165) is 10.5 Å². The SMILES string of the molecule is Cc1cc2c(cc1N1C(=O)c3ccc(N)cc3C1=O)OCO2. The zero-order valence-corrected chi connectivity index (χ0v) is 11.8. The van der Waals surface area contributed by atoms with Gasteiger partial charge in [-0.25, -0.2) is 4.90 Å². The third-order valence-corrected chi connectivity index (χ3v) is 3.84. The van der Waals surface area contributed by atoms with Gasteiger partial charge in [0.1, 0.15) is 0 Å². The summed E-state index contributed by atoms with van der Waals surface area (Å²) < 4.78 is 10.6. The van der Waals surface area contributed by atoms with Gasteiger partial charge in [-0.2, -0.15) is 0 Å². The molecule has 0 unspecified atom stereocenters. The van der Waals surface area contributed by atoms with Crippen LogP contribution in [0.25, 0.3) is 0 Å². The number of fused-ring (bicyclic) bond motifs is 2. The van der Waals surface area contributed by atoms with Crippen molar-refractivity contribution >= 4 is 23.2 Å². The van der Waals surface area contributed by atoms with Crippen molar-refractivity contribution in [3.8, 4) is 11.5 Å². The monoisotopic (exact) mass is 296 g/mol. The van der Waals surface area contributed by atoms with Crippen LogP contribution in [0.3, 0.4) is 0 Å². The van der Waals surface area contributed by atoms with Gasteiger partial charge in [-0.1, -0.05) is 0 Å². The molecule has 0 saturated carbocycles. The number of rotatable bonds is 1. The number of hydrogen-bond donors (Lipinski definition) is 1. The van der Waals surface area contributed by atoms with Crippen LogP contribution in [0, 0.1) is 6.92 Å². The van der Waals surface area contributed by atoms with Crippen molar-refractivity contribution < 1.29 is 19.1 Å². The lowest BCUT2D eigenvalue weighted by Gasteiger charge is -2.17. The Bertz CT molecular complexity index is 844. The summed E-state index contributed by atoms with van der Waals surface area (Å²) in [6.45, 7) is 1.95. The molecule has 0 radical (unpaired) electrons. The van der Waals surface area contributed by atoms with E-state index in [4.69, 9.17) is 15.2 Å². The Balaban J connectivity index is 1.85. The summed E-state index contributed by atoms with van der Waals surface area (Å²) in [5.41, 5.74) is 8.09. The molecule has 0 saturated heterocycles. The number of ether oxygens (including phenoxy) is 2. The van der Waals surface area contributed by atoms with Crippen molar-refractivity contribution in [2.45, 2.75) is 6.92 Å². The molecule has 0 bridgehead atoms. The van der Waals surface area contributed by atoms with Crippen molar-refractivity contribution in [1.82, 2.24) is 0 Å². The zero-order chi connectivity index (χ0) is 15.4. The van der Waals surface area contributed by atoms with Crippen molar-refractivity contribution in [3.05, 3.63) is 47.0 Å². The van der Waals surface area contributed by atoms with Crippen LogP contribution in [-0.4, -0.2) is 18.6 Å². The number of benzene rings is 2. The van der Waals surface area contributed by atoms with Gasteiger partial charge in [-0.05, 0) is 36.8 Å². The molecule has 0 fully saturated rings. The maximum absolute atomic E-state index is 12.6. The molecule has 2 amide bonds. The largest absolute Gasteiger partial charge is 0.454 e. The fraction of sp³-hybridized carbons (Fsp3) is 0.125. The summed E-state index contributed by atoms with van der Waals surface area (Å²) in [6, 6.07) is 8.13. The highest BCUT2D eigenvalue weighted by atomic mass is 16.7. The van der Waals surface area contributed by atoms with Gasteiger partial charge in [-0.15, -0.1) is 0 Å². The minimum absolute atomic E-state index is 0.136. The molecular formula is C16H12N2O4. The number of nitrogens with zero attached hydrogens (tertiary/aromatic N) is 1. The lowest BCUT2D eigenvalue weighted by Crippen LogP contribution is -2.30. The van der Waals surface area contributed by atoms with E-state index in [9.17, 15) is 9.59 Å². The van der Waals surface area contributed by atoms with Crippen LogP contribution in [-0.2, 0) is 0 Å². The first kappa shape index (κ1) is 12.7. The predicted octanol–water partition coefficient (Wildman–Crippen LogP) is 2.11. The predicted molar refractivity (Wildman–Crippen MR) is 79.3 cm³/mol. The fourth-order valence-corrected chi connectivity index (χ4v) is 2.75. The number of carbonyl (C=O) groups is 2. The summed E-state index contributed by atoms with van der Waals surface area (Å²) in [7, 11) is 0. The second-order valence-corrected chi connectivity index (χ2v) is 5.24. The Morgan fingerprint density at radius 3 is 2.45 bits per heavy atom. The molecular weight excluding hydrogens is 284 g/mol. The van der Waals surface area contributed by atoms with Crippen LogP contribution in [0.1, 0.15) is 26.3 Å². The minimum Gasteiger partial charge on any atom is -0.454 e. The Morgan fingerprint density at radius 2 is 1.68 bits per heavy atom. The van der Waals surface area contributed by atoms with Gasteiger partial charge >= 0.3 is 0 Å². The molecule has 0 atom stereocenters. The smallest absolute Gasteiger partial charge is 0.266 e. The number of amides is 2. The number of aryl methyl sites for hydroxylation is 1. The highest BCUT2D eigenvalue weighted by molar-refractivity contribution is 6.34. The van der Waals surface area contributed by atoms with Crippen LogP contribution in [0.4, 0.5) is 11.4 Å². The van der Waals surface area contributed by atoms with Gasteiger partial charge in [0, 0.05) is 11.8 Å². The Morgan fingerprint density at radius 1 is 1.00 bits per heavy atom. The molecule has 6 nitrogen and oxygen atoms in total. The van der Waals surface area contributed by atoms with Crippen LogP contribution < -0.4 is 20.1 Å². The second kappa shape index (κ2) is 4.24. The van der Waals surface area contributed by atoms with E-state index in [2.05, 4.69) is 0 Å². The Kier molecular flexibility index (Phi) is 2.45. The van der Waals surface area contributed by atoms with Gasteiger partial charge in [-0.3, -0.25) is 9.59 Å². The lowest BCUT2D eigenvalue weighted by molar-refractivity contribution is 0.0926. The molecule has 2 aliphatic rings. The van der Waals surface area contributed by atoms with Gasteiger partial charge in [0.15, 0.2) is 11.5 Å². The molecule has 4 rings (SSSR count). The van der Waals surface area contributed by atoms with E-state index in [-0.39, 0.29) is 18.6 Å². The average Bonchev–Trinajstić information content (AvgIpc) is 3.02. The average molecular weight is 296 g/mol. The van der Waals surface area contributed by atoms with Gasteiger partial charge in [0.2, 0.25) is 6.79 Å². The van der Waals surface area contributed by atoms with Crippen LogP contribution in [0.2, 0.25) is 0 Å². The number of carbonyl (C=O) groups excluding carboxylic acids is 2. The minimum atomic E-state index is -0.380. The summed E-state index contributed by atoms with van der Waals surface area (Å²) >= 11 is 0. The molecule has 110 valence electrons. The molecule has 0 aromatic heterocycles. The zero-order valence-electron chi connectivity index (χ0n) is 11.8. The third-order valence-electron chi connectivity index (χ3n) is 3.84. The van der Waals surface area contributed by atoms with E-state index < -0.39 is 0 Å². The number of anilines is 2. The summed E-state index contributed by atoms with van der Waals surface area (Å²) in [4.78, 5) is 26.3. The molecule has 0 aliphatic carbocycles. The summed E-state index contributed by atoms with van der Waals surface area (Å²) in [5.74, 6) is 0.398. The highest BCUT2D eigenvalue weighted by Gasteiger charge is 2.38. The van der Waals surface area contributed by atoms with E-state index >= 15 is 0 Å². The molecule has 22 heavy (non-hydrogen) atoms. The summed E-state index contributed by atoms with van der Waals surface area (Å²) in [6.07, 6.45) is 0. The van der Waals surface area contributed by atoms with Crippen LogP contribution in [0.5, 0.6) is 11.5 Å². The van der Waals surface area contributed by atoms with Crippen LogP contribution >= 0.6 is 0 Å². The van der Waals surface area contributed by atoms with Crippen molar-refractivity contribution in [1.29, 1.82) is 0 Å². The Labute approximate surface area is 126 Å². The molecule has 6 heteroatoms. The fourth-order valence-electron chi connectivity index (χ4n) is 2.75. The molecule has 0 spiro atoms. The van der Waals surface area contributed by atoms with Crippen molar-refractivity contribution in [3.63, 3.8) is 0 Å². The molecule has 2 aliphatic heterocycles. The van der Waals surface area contributed by atoms with E-state index in [1.807, 2.05) is 6.92 Å². The highest BCUT2D eigenvalue weighted by Crippen LogP contribution is 2.40. The topological polar surface area (TPSA) is 81.9 Å². The summed E-state index contributed by atoms with van der Waals surface area (Å²) in [5, 5.41) is 0. The van der Waals surface area contributed by atoms with E-state index in [0.29, 0.717) is 34.0 Å². The maximum Gasteiger partial charge on any atom is 0.266 e. The second-order valence-electron chi connectivity index (χ2n) is 5.24. The van der Waals surface area contributed by atoms with E-state index in [1.165, 1.54) is 6.07 Å². The number of imide groups is 1. The van der Waals surface area contributed by atoms with Crippen molar-refractivity contribution in [2.24, 2.45) is 0 Å². The quantitative estimate of drug-likeness (QED) is 0.644. The molecule has 2 aromatic carbocycles. The van der Waals surface area contributed by atoms with Crippen molar-refractivity contribution in [2.75, 3.05) is 17.4 Å². The number of hydrogen-bond acceptors (Lipinski definition) is 5. The van der Waals surface area contributed by atoms with Gasteiger partial charge in [0.05, 0.1) is 16.8 Å². The molecule has 2 aromatic rings. The standard InChI is InChI=1S/C16H12N2O4/c1-8-4-13-14(22-7-21-13)6-12(8)18-15(19)10-3-2-9(17)5-11(10)16(18)20/h2-6H,7,17H2,1H3. The number of nitrogens with two attached hydrogens (primary N) is 1. The first-order valence-electron chi connectivity index (χ1n) is 6.75. The lowest BCUT2D eigenvalue weighted by atomic mass is 10.1. The molecule has 2 heterocycles. The normalized spacial score (nSPS) is 15.4. The Hall–Kier alpha value is -3.02.